The van der Waals surface area contributed by atoms with E-state index in [0.29, 0.717) is 18.1 Å². The lowest BCUT2D eigenvalue weighted by molar-refractivity contribution is -0.115. The molecule has 1 aromatic heterocycles. The number of fused-ring (bicyclic) bond motifs is 1. The van der Waals surface area contributed by atoms with Gasteiger partial charge in [0.15, 0.2) is 0 Å². The second-order valence-corrected chi connectivity index (χ2v) is 5.02. The molecule has 0 saturated carbocycles. The molecule has 0 radical (unpaired) electrons. The monoisotopic (exact) mass is 297 g/mol. The number of amides is 1. The van der Waals surface area contributed by atoms with E-state index in [1.54, 1.807) is 12.1 Å². The molecule has 2 aromatic carbocycles. The van der Waals surface area contributed by atoms with Crippen LogP contribution in [0.4, 0.5) is 10.3 Å². The van der Waals surface area contributed by atoms with Crippen LogP contribution in [0.15, 0.2) is 48.5 Å². The van der Waals surface area contributed by atoms with Crippen LogP contribution in [0.5, 0.6) is 0 Å². The van der Waals surface area contributed by atoms with E-state index in [9.17, 15) is 9.18 Å². The minimum Gasteiger partial charge on any atom is -0.310 e. The third kappa shape index (κ3) is 2.83. The summed E-state index contributed by atoms with van der Waals surface area (Å²) in [5.41, 5.74) is 2.45. The fraction of sp³-hybridized carbons (Fsp3) is 0.176. The SMILES string of the molecule is CCn1c(NC(=O)Cc2cccc(F)c2)nc2ccccc21. The Bertz CT molecular complexity index is 826. The standard InChI is InChI=1S/C17H16FN3O/c1-2-21-15-9-4-3-8-14(15)19-17(21)20-16(22)11-12-6-5-7-13(18)10-12/h3-10H,2,11H2,1H3,(H,19,20,22). The minimum atomic E-state index is -0.342. The molecule has 0 aliphatic heterocycles. The number of hydrogen-bond donors (Lipinski definition) is 1. The lowest BCUT2D eigenvalue weighted by atomic mass is 10.1. The molecule has 0 unspecified atom stereocenters. The number of rotatable bonds is 4. The number of halogens is 1. The number of anilines is 1. The number of imidazole rings is 1. The molecule has 0 spiro atoms. The van der Waals surface area contributed by atoms with Gasteiger partial charge in [-0.2, -0.15) is 0 Å². The highest BCUT2D eigenvalue weighted by Gasteiger charge is 2.12. The van der Waals surface area contributed by atoms with E-state index in [2.05, 4.69) is 10.3 Å². The number of para-hydroxylation sites is 2. The summed E-state index contributed by atoms with van der Waals surface area (Å²) in [4.78, 5) is 16.6. The highest BCUT2D eigenvalue weighted by molar-refractivity contribution is 5.92. The van der Waals surface area contributed by atoms with Crippen molar-refractivity contribution in [2.75, 3.05) is 5.32 Å². The van der Waals surface area contributed by atoms with Crippen molar-refractivity contribution >= 4 is 22.9 Å². The maximum Gasteiger partial charge on any atom is 0.231 e. The summed E-state index contributed by atoms with van der Waals surface area (Å²) in [6.45, 7) is 2.70. The van der Waals surface area contributed by atoms with Gasteiger partial charge in [0.1, 0.15) is 5.82 Å². The predicted molar refractivity (Wildman–Crippen MR) is 84.1 cm³/mol. The third-order valence-electron chi connectivity index (χ3n) is 3.48. The Labute approximate surface area is 127 Å². The molecule has 0 saturated heterocycles. The smallest absolute Gasteiger partial charge is 0.231 e. The average Bonchev–Trinajstić information content (AvgIpc) is 2.83. The number of hydrogen-bond acceptors (Lipinski definition) is 2. The molecule has 112 valence electrons. The first-order chi connectivity index (χ1) is 10.7. The van der Waals surface area contributed by atoms with E-state index < -0.39 is 0 Å². The van der Waals surface area contributed by atoms with Crippen LogP contribution in [0.3, 0.4) is 0 Å². The second-order valence-electron chi connectivity index (χ2n) is 5.02. The number of carbonyl (C=O) groups excluding carboxylic acids is 1. The predicted octanol–water partition coefficient (Wildman–Crippen LogP) is 3.38. The van der Waals surface area contributed by atoms with Gasteiger partial charge in [-0.3, -0.25) is 10.1 Å². The Morgan fingerprint density at radius 2 is 2.05 bits per heavy atom. The maximum absolute atomic E-state index is 13.2. The normalized spacial score (nSPS) is 10.8. The van der Waals surface area contributed by atoms with Gasteiger partial charge >= 0.3 is 0 Å². The Balaban J connectivity index is 1.82. The molecule has 1 heterocycles. The minimum absolute atomic E-state index is 0.116. The van der Waals surface area contributed by atoms with Crippen molar-refractivity contribution in [1.29, 1.82) is 0 Å². The van der Waals surface area contributed by atoms with Gasteiger partial charge in [-0.1, -0.05) is 24.3 Å². The van der Waals surface area contributed by atoms with E-state index in [0.717, 1.165) is 11.0 Å². The van der Waals surface area contributed by atoms with Crippen LogP contribution in [0, 0.1) is 5.82 Å². The van der Waals surface area contributed by atoms with Crippen LogP contribution >= 0.6 is 0 Å². The van der Waals surface area contributed by atoms with Crippen LogP contribution in [0.1, 0.15) is 12.5 Å². The lowest BCUT2D eigenvalue weighted by Gasteiger charge is -2.07. The average molecular weight is 297 g/mol. The van der Waals surface area contributed by atoms with E-state index in [1.807, 2.05) is 35.8 Å². The Hall–Kier alpha value is -2.69. The number of benzene rings is 2. The molecule has 22 heavy (non-hydrogen) atoms. The van der Waals surface area contributed by atoms with Gasteiger partial charge in [0.2, 0.25) is 11.9 Å². The summed E-state index contributed by atoms with van der Waals surface area (Å²) in [5, 5.41) is 2.81. The summed E-state index contributed by atoms with van der Waals surface area (Å²) in [6.07, 6.45) is 0.116. The van der Waals surface area contributed by atoms with Crippen molar-refractivity contribution in [2.24, 2.45) is 0 Å². The third-order valence-corrected chi connectivity index (χ3v) is 3.48. The number of aryl methyl sites for hydroxylation is 1. The van der Waals surface area contributed by atoms with Crippen molar-refractivity contribution < 1.29 is 9.18 Å². The fourth-order valence-corrected chi connectivity index (χ4v) is 2.49. The Morgan fingerprint density at radius 1 is 1.23 bits per heavy atom. The van der Waals surface area contributed by atoms with Gasteiger partial charge in [0.25, 0.3) is 0 Å². The van der Waals surface area contributed by atoms with E-state index in [-0.39, 0.29) is 18.1 Å². The van der Waals surface area contributed by atoms with Gasteiger partial charge in [0, 0.05) is 6.54 Å². The van der Waals surface area contributed by atoms with E-state index in [1.165, 1.54) is 12.1 Å². The zero-order chi connectivity index (χ0) is 15.5. The molecular formula is C17H16FN3O. The first-order valence-electron chi connectivity index (χ1n) is 7.17. The maximum atomic E-state index is 13.2. The molecule has 0 atom stereocenters. The highest BCUT2D eigenvalue weighted by Crippen LogP contribution is 2.19. The molecule has 1 amide bonds. The summed E-state index contributed by atoms with van der Waals surface area (Å²) in [6, 6.07) is 13.8. The van der Waals surface area contributed by atoms with Crippen LogP contribution in [-0.4, -0.2) is 15.5 Å². The van der Waals surface area contributed by atoms with Crippen LogP contribution < -0.4 is 5.32 Å². The van der Waals surface area contributed by atoms with Gasteiger partial charge in [-0.25, -0.2) is 9.37 Å². The molecule has 0 aliphatic carbocycles. The van der Waals surface area contributed by atoms with Crippen LogP contribution in [0.2, 0.25) is 0 Å². The van der Waals surface area contributed by atoms with Crippen molar-refractivity contribution in [3.63, 3.8) is 0 Å². The summed E-state index contributed by atoms with van der Waals surface area (Å²) < 4.78 is 15.1. The number of aromatic nitrogens is 2. The van der Waals surface area contributed by atoms with E-state index in [4.69, 9.17) is 0 Å². The zero-order valence-corrected chi connectivity index (χ0v) is 12.2. The van der Waals surface area contributed by atoms with Crippen molar-refractivity contribution in [2.45, 2.75) is 19.9 Å². The van der Waals surface area contributed by atoms with Gasteiger partial charge in [0.05, 0.1) is 17.5 Å². The quantitative estimate of drug-likeness (QED) is 0.802. The lowest BCUT2D eigenvalue weighted by Crippen LogP contribution is -2.17. The first kappa shape index (κ1) is 14.3. The van der Waals surface area contributed by atoms with Crippen molar-refractivity contribution in [1.82, 2.24) is 9.55 Å². The topological polar surface area (TPSA) is 46.9 Å². The summed E-state index contributed by atoms with van der Waals surface area (Å²) >= 11 is 0. The molecule has 5 heteroatoms. The second kappa shape index (κ2) is 5.97. The van der Waals surface area contributed by atoms with Gasteiger partial charge < -0.3 is 4.57 Å². The summed E-state index contributed by atoms with van der Waals surface area (Å²) in [5.74, 6) is -0.0354. The molecule has 0 aliphatic rings. The molecular weight excluding hydrogens is 281 g/mol. The van der Waals surface area contributed by atoms with Crippen molar-refractivity contribution in [3.05, 3.63) is 59.9 Å². The fourth-order valence-electron chi connectivity index (χ4n) is 2.49. The molecule has 3 rings (SSSR count). The number of nitrogens with one attached hydrogen (secondary N) is 1. The Kier molecular flexibility index (Phi) is 3.87. The largest absolute Gasteiger partial charge is 0.310 e. The van der Waals surface area contributed by atoms with Crippen LogP contribution in [0.25, 0.3) is 11.0 Å². The molecule has 0 fully saturated rings. The van der Waals surface area contributed by atoms with Crippen molar-refractivity contribution in [3.8, 4) is 0 Å². The molecule has 0 bridgehead atoms. The zero-order valence-electron chi connectivity index (χ0n) is 12.2. The molecule has 4 nitrogen and oxygen atoms in total. The van der Waals surface area contributed by atoms with Gasteiger partial charge in [-0.15, -0.1) is 0 Å². The number of carbonyl (C=O) groups is 1. The van der Waals surface area contributed by atoms with Gasteiger partial charge in [-0.05, 0) is 36.8 Å². The number of nitrogens with zero attached hydrogens (tertiary/aromatic N) is 2. The van der Waals surface area contributed by atoms with Crippen LogP contribution in [-0.2, 0) is 17.8 Å². The first-order valence-corrected chi connectivity index (χ1v) is 7.17. The van der Waals surface area contributed by atoms with E-state index >= 15 is 0 Å². The molecule has 1 N–H and O–H groups in total. The molecule has 3 aromatic rings. The Morgan fingerprint density at radius 3 is 2.82 bits per heavy atom. The summed E-state index contributed by atoms with van der Waals surface area (Å²) in [7, 11) is 0. The highest BCUT2D eigenvalue weighted by atomic mass is 19.1.